The number of ether oxygens (including phenoxy) is 2. The lowest BCUT2D eigenvalue weighted by atomic mass is 9.84. The first-order valence-electron chi connectivity index (χ1n) is 18.9. The zero-order valence-corrected chi connectivity index (χ0v) is 31.2. The van der Waals surface area contributed by atoms with E-state index in [0.717, 1.165) is 83.6 Å². The zero-order valence-electron chi connectivity index (χ0n) is 31.2. The van der Waals surface area contributed by atoms with Crippen LogP contribution in [-0.4, -0.2) is 18.8 Å². The Labute approximate surface area is 326 Å². The van der Waals surface area contributed by atoms with E-state index in [0.29, 0.717) is 0 Å². The van der Waals surface area contributed by atoms with E-state index in [4.69, 9.17) is 9.47 Å². The predicted molar refractivity (Wildman–Crippen MR) is 234 cm³/mol. The molecule has 0 radical (unpaired) electrons. The molecule has 1 heterocycles. The van der Waals surface area contributed by atoms with Crippen molar-refractivity contribution in [2.24, 2.45) is 0 Å². The molecule has 0 N–H and O–H groups in total. The van der Waals surface area contributed by atoms with E-state index in [2.05, 4.69) is 185 Å². The molecule has 10 rings (SSSR count). The number of para-hydroxylation sites is 5. The maximum Gasteiger partial charge on any atom is 0.126 e. The van der Waals surface area contributed by atoms with Gasteiger partial charge in [0.05, 0.1) is 30.9 Å². The topological polar surface area (TPSA) is 26.6 Å². The number of methoxy groups -OCH3 is 2. The minimum atomic E-state index is 0.820. The molecule has 56 heavy (non-hydrogen) atoms. The second-order valence-electron chi connectivity index (χ2n) is 14.0. The van der Waals surface area contributed by atoms with Crippen LogP contribution in [0.3, 0.4) is 0 Å². The summed E-state index contributed by atoms with van der Waals surface area (Å²) in [6.07, 6.45) is 0. The van der Waals surface area contributed by atoms with Crippen molar-refractivity contribution >= 4 is 60.4 Å². The van der Waals surface area contributed by atoms with Gasteiger partial charge in [0, 0.05) is 55.5 Å². The molecule has 0 saturated carbocycles. The number of nitrogens with zero attached hydrogens (tertiary/aromatic N) is 2. The lowest BCUT2D eigenvalue weighted by Gasteiger charge is -2.29. The fourth-order valence-electron chi connectivity index (χ4n) is 8.63. The maximum absolute atomic E-state index is 6.11. The third-order valence-electron chi connectivity index (χ3n) is 11.0. The smallest absolute Gasteiger partial charge is 0.126 e. The van der Waals surface area contributed by atoms with Crippen molar-refractivity contribution in [1.29, 1.82) is 0 Å². The average Bonchev–Trinajstić information content (AvgIpc) is 3.60. The second kappa shape index (κ2) is 13.8. The zero-order chi connectivity index (χ0) is 37.6. The highest BCUT2D eigenvalue weighted by atomic mass is 16.5. The van der Waals surface area contributed by atoms with Gasteiger partial charge in [0.25, 0.3) is 0 Å². The fourth-order valence-corrected chi connectivity index (χ4v) is 8.63. The molecule has 0 unspecified atom stereocenters. The number of anilines is 3. The Hall–Kier alpha value is -7.30. The lowest BCUT2D eigenvalue weighted by molar-refractivity contribution is 0.416. The maximum atomic E-state index is 6.11. The first-order valence-corrected chi connectivity index (χ1v) is 18.9. The number of aromatic nitrogens is 1. The molecule has 4 heteroatoms. The normalized spacial score (nSPS) is 11.4. The van der Waals surface area contributed by atoms with Crippen LogP contribution < -0.4 is 14.4 Å². The molecule has 0 atom stereocenters. The molecule has 0 bridgehead atoms. The van der Waals surface area contributed by atoms with Gasteiger partial charge >= 0.3 is 0 Å². The van der Waals surface area contributed by atoms with Crippen molar-refractivity contribution < 1.29 is 9.47 Å². The monoisotopic (exact) mass is 722 g/mol. The Balaban J connectivity index is 1.35. The number of hydrogen-bond donors (Lipinski definition) is 0. The molecule has 0 amide bonds. The highest BCUT2D eigenvalue weighted by molar-refractivity contribution is 6.26. The van der Waals surface area contributed by atoms with Gasteiger partial charge in [-0.15, -0.1) is 0 Å². The molecular formula is C52H38N2O2. The van der Waals surface area contributed by atoms with Gasteiger partial charge in [0.2, 0.25) is 0 Å². The average molecular weight is 723 g/mol. The van der Waals surface area contributed by atoms with Gasteiger partial charge < -0.3 is 18.9 Å². The first kappa shape index (κ1) is 33.3. The van der Waals surface area contributed by atoms with Crippen molar-refractivity contribution in [2.75, 3.05) is 19.1 Å². The molecule has 10 aromatic rings. The van der Waals surface area contributed by atoms with Gasteiger partial charge in [-0.3, -0.25) is 0 Å². The Morgan fingerprint density at radius 3 is 1.62 bits per heavy atom. The van der Waals surface area contributed by atoms with Gasteiger partial charge in [-0.2, -0.15) is 0 Å². The van der Waals surface area contributed by atoms with Gasteiger partial charge in [0.15, 0.2) is 0 Å². The van der Waals surface area contributed by atoms with Crippen molar-refractivity contribution in [3.05, 3.63) is 194 Å². The third kappa shape index (κ3) is 5.30. The van der Waals surface area contributed by atoms with E-state index in [1.807, 2.05) is 18.2 Å². The Kier molecular flexibility index (Phi) is 8.23. The third-order valence-corrected chi connectivity index (χ3v) is 11.0. The standard InChI is InChI=1S/C52H38N2O2/c1-55-48-30-15-12-25-41(48)50-39-23-9-10-24-40(39)51(42-26-13-16-31-49(42)56-2)52-43(50)27-17-29-47(52)53(35-18-5-3-6-19-35)37-32-33-46-44(34-37)38-22-11-14-28-45(38)54(46)36-20-7-4-8-21-36/h3-34H,1-2H3. The Bertz CT molecular complexity index is 3060. The fraction of sp³-hybridized carbons (Fsp3) is 0.0385. The van der Waals surface area contributed by atoms with E-state index in [1.54, 1.807) is 14.2 Å². The summed E-state index contributed by atoms with van der Waals surface area (Å²) < 4.78 is 14.5. The molecule has 1 aromatic heterocycles. The van der Waals surface area contributed by atoms with Crippen LogP contribution in [0.2, 0.25) is 0 Å². The summed E-state index contributed by atoms with van der Waals surface area (Å²) in [7, 11) is 3.50. The quantitative estimate of drug-likeness (QED) is 0.146. The summed E-state index contributed by atoms with van der Waals surface area (Å²) >= 11 is 0. The minimum absolute atomic E-state index is 0.820. The van der Waals surface area contributed by atoms with E-state index in [-0.39, 0.29) is 0 Å². The lowest BCUT2D eigenvalue weighted by Crippen LogP contribution is -2.11. The van der Waals surface area contributed by atoms with Crippen LogP contribution in [0, 0.1) is 0 Å². The number of fused-ring (bicyclic) bond motifs is 5. The van der Waals surface area contributed by atoms with E-state index in [9.17, 15) is 0 Å². The summed E-state index contributed by atoms with van der Waals surface area (Å²) in [6.45, 7) is 0. The van der Waals surface area contributed by atoms with Crippen LogP contribution >= 0.6 is 0 Å². The van der Waals surface area contributed by atoms with Crippen LogP contribution in [0.25, 0.3) is 71.3 Å². The summed E-state index contributed by atoms with van der Waals surface area (Å²) in [4.78, 5) is 2.41. The van der Waals surface area contributed by atoms with Crippen LogP contribution in [0.15, 0.2) is 194 Å². The molecule has 4 nitrogen and oxygen atoms in total. The Morgan fingerprint density at radius 2 is 0.929 bits per heavy atom. The molecule has 0 aliphatic heterocycles. The van der Waals surface area contributed by atoms with Crippen molar-refractivity contribution in [2.45, 2.75) is 0 Å². The van der Waals surface area contributed by atoms with Gasteiger partial charge in [-0.1, -0.05) is 127 Å². The summed E-state index contributed by atoms with van der Waals surface area (Å²) in [5.74, 6) is 1.65. The largest absolute Gasteiger partial charge is 0.496 e. The van der Waals surface area contributed by atoms with Crippen LogP contribution in [-0.2, 0) is 0 Å². The molecule has 0 aliphatic rings. The SMILES string of the molecule is COc1ccccc1-c1c2ccccc2c(-c2ccccc2OC)c2c(N(c3ccccc3)c3ccc4c(c3)c3ccccc3n4-c3ccccc3)cccc12. The van der Waals surface area contributed by atoms with E-state index >= 15 is 0 Å². The van der Waals surface area contributed by atoms with Crippen molar-refractivity contribution in [1.82, 2.24) is 4.57 Å². The van der Waals surface area contributed by atoms with Crippen molar-refractivity contribution in [3.8, 4) is 39.4 Å². The molecule has 0 fully saturated rings. The predicted octanol–water partition coefficient (Wildman–Crippen LogP) is 13.9. The van der Waals surface area contributed by atoms with Crippen LogP contribution in [0.5, 0.6) is 11.5 Å². The Morgan fingerprint density at radius 1 is 0.393 bits per heavy atom. The minimum Gasteiger partial charge on any atom is -0.496 e. The summed E-state index contributed by atoms with van der Waals surface area (Å²) in [5.41, 5.74) is 11.0. The summed E-state index contributed by atoms with van der Waals surface area (Å²) in [6, 6.07) is 69.0. The first-order chi connectivity index (χ1) is 27.7. The number of benzene rings is 9. The number of hydrogen-bond acceptors (Lipinski definition) is 3. The molecule has 9 aromatic carbocycles. The number of rotatable bonds is 8. The molecule has 268 valence electrons. The molecule has 0 spiro atoms. The van der Waals surface area contributed by atoms with E-state index < -0.39 is 0 Å². The van der Waals surface area contributed by atoms with Gasteiger partial charge in [0.1, 0.15) is 11.5 Å². The van der Waals surface area contributed by atoms with Crippen LogP contribution in [0.4, 0.5) is 17.1 Å². The van der Waals surface area contributed by atoms with Gasteiger partial charge in [-0.25, -0.2) is 0 Å². The highest BCUT2D eigenvalue weighted by Crippen LogP contribution is 2.52. The van der Waals surface area contributed by atoms with E-state index in [1.165, 1.54) is 16.3 Å². The summed E-state index contributed by atoms with van der Waals surface area (Å²) in [5, 5.41) is 6.91. The molecule has 0 aliphatic carbocycles. The molecular weight excluding hydrogens is 685 g/mol. The van der Waals surface area contributed by atoms with Crippen molar-refractivity contribution in [3.63, 3.8) is 0 Å². The second-order valence-corrected chi connectivity index (χ2v) is 14.0. The molecule has 0 saturated heterocycles. The van der Waals surface area contributed by atoms with Crippen LogP contribution in [0.1, 0.15) is 0 Å². The highest BCUT2D eigenvalue weighted by Gasteiger charge is 2.26. The van der Waals surface area contributed by atoms with Gasteiger partial charge in [-0.05, 0) is 82.9 Å².